The number of ether oxygens (including phenoxy) is 1. The van der Waals surface area contributed by atoms with Crippen LogP contribution in [0, 0.1) is 0 Å². The summed E-state index contributed by atoms with van der Waals surface area (Å²) < 4.78 is 6.84. The van der Waals surface area contributed by atoms with Crippen LogP contribution in [-0.4, -0.2) is 23.7 Å². The van der Waals surface area contributed by atoms with Crippen LogP contribution in [-0.2, 0) is 22.6 Å². The first kappa shape index (κ1) is 12.8. The third-order valence-corrected chi connectivity index (χ3v) is 2.53. The van der Waals surface area contributed by atoms with Crippen LogP contribution in [0.15, 0.2) is 18.3 Å². The number of hydrogen-bond acceptors (Lipinski definition) is 3. The van der Waals surface area contributed by atoms with Crippen molar-refractivity contribution in [2.24, 2.45) is 0 Å². The minimum Gasteiger partial charge on any atom is -0.468 e. The summed E-state index contributed by atoms with van der Waals surface area (Å²) in [6, 6.07) is 3.82. The van der Waals surface area contributed by atoms with E-state index in [1.54, 1.807) is 6.92 Å². The van der Waals surface area contributed by atoms with Crippen LogP contribution in [0.3, 0.4) is 0 Å². The summed E-state index contributed by atoms with van der Waals surface area (Å²) in [6.45, 7) is 5.65. The van der Waals surface area contributed by atoms with Crippen LogP contribution >= 0.6 is 0 Å². The molecule has 0 fully saturated rings. The third kappa shape index (κ3) is 3.38. The van der Waals surface area contributed by atoms with Crippen LogP contribution in [0.2, 0.25) is 0 Å². The van der Waals surface area contributed by atoms with E-state index in [-0.39, 0.29) is 12.0 Å². The highest BCUT2D eigenvalue weighted by Crippen LogP contribution is 2.03. The smallest absolute Gasteiger partial charge is 0.322 e. The lowest BCUT2D eigenvalue weighted by Crippen LogP contribution is -2.34. The summed E-state index contributed by atoms with van der Waals surface area (Å²) in [4.78, 5) is 11.2. The van der Waals surface area contributed by atoms with E-state index < -0.39 is 0 Å². The highest BCUT2D eigenvalue weighted by atomic mass is 16.5. The van der Waals surface area contributed by atoms with E-state index in [0.717, 1.165) is 13.0 Å². The molecule has 0 aliphatic heterocycles. The zero-order chi connectivity index (χ0) is 12.0. The summed E-state index contributed by atoms with van der Waals surface area (Å²) >= 11 is 0. The average molecular weight is 224 g/mol. The Balaban J connectivity index is 2.47. The van der Waals surface area contributed by atoms with E-state index >= 15 is 0 Å². The molecule has 1 N–H and O–H groups in total. The molecule has 4 heteroatoms. The molecule has 1 aromatic rings. The topological polar surface area (TPSA) is 43.3 Å². The molecule has 1 rings (SSSR count). The maximum Gasteiger partial charge on any atom is 0.322 e. The second-order valence-corrected chi connectivity index (χ2v) is 3.82. The molecule has 1 aromatic heterocycles. The van der Waals surface area contributed by atoms with Gasteiger partial charge in [0, 0.05) is 25.0 Å². The summed E-state index contributed by atoms with van der Waals surface area (Å²) in [6.07, 6.45) is 3.16. The van der Waals surface area contributed by atoms with E-state index in [1.165, 1.54) is 12.8 Å². The second-order valence-electron chi connectivity index (χ2n) is 3.82. The lowest BCUT2D eigenvalue weighted by Gasteiger charge is -2.13. The number of hydrogen-bond donors (Lipinski definition) is 1. The largest absolute Gasteiger partial charge is 0.468 e. The summed E-state index contributed by atoms with van der Waals surface area (Å²) in [5.41, 5.74) is 1.19. The molecule has 0 aliphatic carbocycles. The maximum atomic E-state index is 11.2. The molecule has 4 nitrogen and oxygen atoms in total. The molecule has 0 amide bonds. The Kier molecular flexibility index (Phi) is 5.05. The Morgan fingerprint density at radius 1 is 1.62 bits per heavy atom. The molecule has 0 spiro atoms. The number of methoxy groups -OCH3 is 1. The number of nitrogens with zero attached hydrogens (tertiary/aromatic N) is 1. The first-order valence-corrected chi connectivity index (χ1v) is 5.64. The number of carbonyl (C=O) groups excluding carboxylic acids is 1. The van der Waals surface area contributed by atoms with Crippen molar-refractivity contribution in [3.05, 3.63) is 24.0 Å². The van der Waals surface area contributed by atoms with E-state index in [4.69, 9.17) is 0 Å². The van der Waals surface area contributed by atoms with Crippen molar-refractivity contribution >= 4 is 5.97 Å². The minimum atomic E-state index is -0.269. The Hall–Kier alpha value is -1.29. The summed E-state index contributed by atoms with van der Waals surface area (Å²) in [7, 11) is 1.40. The van der Waals surface area contributed by atoms with Gasteiger partial charge in [0.15, 0.2) is 0 Å². The van der Waals surface area contributed by atoms with Gasteiger partial charge in [0.25, 0.3) is 0 Å². The number of aryl methyl sites for hydroxylation is 1. The molecule has 90 valence electrons. The zero-order valence-corrected chi connectivity index (χ0v) is 10.2. The van der Waals surface area contributed by atoms with Crippen LogP contribution in [0.25, 0.3) is 0 Å². The predicted octanol–water partition coefficient (Wildman–Crippen LogP) is 1.55. The third-order valence-electron chi connectivity index (χ3n) is 2.53. The van der Waals surface area contributed by atoms with Gasteiger partial charge in [-0.15, -0.1) is 0 Å². The number of aromatic nitrogens is 1. The highest BCUT2D eigenvalue weighted by molar-refractivity contribution is 5.75. The van der Waals surface area contributed by atoms with Crippen molar-refractivity contribution in [3.8, 4) is 0 Å². The molecule has 0 saturated heterocycles. The lowest BCUT2D eigenvalue weighted by molar-refractivity contribution is -0.142. The number of rotatable bonds is 6. The molecule has 0 aromatic carbocycles. The first-order valence-electron chi connectivity index (χ1n) is 5.64. The standard InChI is InChI=1S/C12H20N2O2/c1-4-7-14-8-5-6-11(14)9-13-10(2)12(15)16-3/h5-6,8,10,13H,4,7,9H2,1-3H3. The second kappa shape index (κ2) is 6.33. The van der Waals surface area contributed by atoms with Crippen molar-refractivity contribution < 1.29 is 9.53 Å². The quantitative estimate of drug-likeness (QED) is 0.745. The maximum absolute atomic E-state index is 11.2. The van der Waals surface area contributed by atoms with Gasteiger partial charge in [-0.25, -0.2) is 0 Å². The van der Waals surface area contributed by atoms with Gasteiger partial charge in [0.2, 0.25) is 0 Å². The van der Waals surface area contributed by atoms with Crippen LogP contribution in [0.4, 0.5) is 0 Å². The molecule has 1 heterocycles. The average Bonchev–Trinajstić information content (AvgIpc) is 2.73. The minimum absolute atomic E-state index is 0.228. The van der Waals surface area contributed by atoms with Crippen molar-refractivity contribution in [1.82, 2.24) is 9.88 Å². The summed E-state index contributed by atoms with van der Waals surface area (Å²) in [5, 5.41) is 3.14. The molecule has 1 unspecified atom stereocenters. The van der Waals surface area contributed by atoms with Crippen molar-refractivity contribution in [2.45, 2.75) is 39.4 Å². The number of esters is 1. The van der Waals surface area contributed by atoms with Gasteiger partial charge in [0.05, 0.1) is 7.11 Å². The van der Waals surface area contributed by atoms with Gasteiger partial charge in [-0.05, 0) is 25.5 Å². The molecule has 0 bridgehead atoms. The SMILES string of the molecule is CCCn1cccc1CNC(C)C(=O)OC. The van der Waals surface area contributed by atoms with E-state index in [9.17, 15) is 4.79 Å². The van der Waals surface area contributed by atoms with Crippen LogP contribution in [0.1, 0.15) is 26.0 Å². The van der Waals surface area contributed by atoms with E-state index in [2.05, 4.69) is 33.8 Å². The lowest BCUT2D eigenvalue weighted by atomic mass is 10.3. The predicted molar refractivity (Wildman–Crippen MR) is 63.0 cm³/mol. The monoisotopic (exact) mass is 224 g/mol. The normalized spacial score (nSPS) is 12.4. The fourth-order valence-electron chi connectivity index (χ4n) is 1.59. The molecular formula is C12H20N2O2. The number of nitrogens with one attached hydrogen (secondary N) is 1. The Morgan fingerprint density at radius 2 is 2.38 bits per heavy atom. The zero-order valence-electron chi connectivity index (χ0n) is 10.2. The van der Waals surface area contributed by atoms with Gasteiger partial charge < -0.3 is 9.30 Å². The Labute approximate surface area is 96.6 Å². The Morgan fingerprint density at radius 3 is 3.00 bits per heavy atom. The fraction of sp³-hybridized carbons (Fsp3) is 0.583. The molecule has 0 radical (unpaired) electrons. The van der Waals surface area contributed by atoms with Gasteiger partial charge in [-0.3, -0.25) is 10.1 Å². The summed E-state index contributed by atoms with van der Waals surface area (Å²) in [5.74, 6) is -0.228. The molecular weight excluding hydrogens is 204 g/mol. The van der Waals surface area contributed by atoms with Crippen LogP contribution < -0.4 is 5.32 Å². The fourth-order valence-corrected chi connectivity index (χ4v) is 1.59. The van der Waals surface area contributed by atoms with E-state index in [0.29, 0.717) is 6.54 Å². The van der Waals surface area contributed by atoms with Gasteiger partial charge in [0.1, 0.15) is 6.04 Å². The first-order chi connectivity index (χ1) is 7.69. The molecule has 16 heavy (non-hydrogen) atoms. The Bertz CT molecular complexity index is 334. The van der Waals surface area contributed by atoms with Gasteiger partial charge in [-0.1, -0.05) is 6.92 Å². The van der Waals surface area contributed by atoms with Gasteiger partial charge in [-0.2, -0.15) is 0 Å². The van der Waals surface area contributed by atoms with Crippen molar-refractivity contribution in [3.63, 3.8) is 0 Å². The molecule has 0 saturated carbocycles. The van der Waals surface area contributed by atoms with Gasteiger partial charge >= 0.3 is 5.97 Å². The molecule has 1 atom stereocenters. The van der Waals surface area contributed by atoms with Crippen LogP contribution in [0.5, 0.6) is 0 Å². The van der Waals surface area contributed by atoms with Crippen molar-refractivity contribution in [2.75, 3.05) is 7.11 Å². The van der Waals surface area contributed by atoms with E-state index in [1.807, 2.05) is 6.07 Å². The number of carbonyl (C=O) groups is 1. The highest BCUT2D eigenvalue weighted by Gasteiger charge is 2.12. The molecule has 0 aliphatic rings. The van der Waals surface area contributed by atoms with Crippen molar-refractivity contribution in [1.29, 1.82) is 0 Å².